The molecular formula is C16H22N4O2S. The van der Waals surface area contributed by atoms with E-state index in [1.54, 1.807) is 18.6 Å². The van der Waals surface area contributed by atoms with Gasteiger partial charge in [-0.2, -0.15) is 0 Å². The Hall–Kier alpha value is -2.15. The first-order chi connectivity index (χ1) is 11.0. The van der Waals surface area contributed by atoms with Crippen molar-refractivity contribution in [2.24, 2.45) is 5.92 Å². The third-order valence-electron chi connectivity index (χ3n) is 3.41. The number of hydrogen-bond acceptors (Lipinski definition) is 4. The van der Waals surface area contributed by atoms with Gasteiger partial charge in [0.2, 0.25) is 5.91 Å². The van der Waals surface area contributed by atoms with Crippen molar-refractivity contribution in [2.45, 2.75) is 39.4 Å². The minimum absolute atomic E-state index is 0.000595. The molecule has 0 fully saturated rings. The molecule has 2 rings (SSSR count). The topological polar surface area (TPSA) is 76.0 Å². The zero-order valence-electron chi connectivity index (χ0n) is 13.5. The van der Waals surface area contributed by atoms with Crippen LogP contribution >= 0.6 is 11.3 Å². The van der Waals surface area contributed by atoms with Gasteiger partial charge in [0.1, 0.15) is 6.04 Å². The number of nitrogens with zero attached hydrogens (tertiary/aromatic N) is 2. The molecule has 0 saturated heterocycles. The van der Waals surface area contributed by atoms with Crippen LogP contribution in [0, 0.1) is 5.92 Å². The summed E-state index contributed by atoms with van der Waals surface area (Å²) in [6.07, 6.45) is 5.26. The van der Waals surface area contributed by atoms with E-state index in [-0.39, 0.29) is 23.8 Å². The Morgan fingerprint density at radius 2 is 2.09 bits per heavy atom. The fraction of sp³-hybridized carbons (Fsp3) is 0.438. The zero-order valence-corrected chi connectivity index (χ0v) is 14.3. The number of carbonyl (C=O) groups is 2. The van der Waals surface area contributed by atoms with Crippen molar-refractivity contribution < 1.29 is 9.59 Å². The molecule has 0 aromatic carbocycles. The average molecular weight is 334 g/mol. The van der Waals surface area contributed by atoms with Crippen LogP contribution < -0.4 is 10.6 Å². The molecule has 0 spiro atoms. The molecule has 0 saturated carbocycles. The Labute approximate surface area is 139 Å². The maximum Gasteiger partial charge on any atom is 0.262 e. The lowest BCUT2D eigenvalue weighted by molar-refractivity contribution is -0.124. The summed E-state index contributed by atoms with van der Waals surface area (Å²) in [4.78, 5) is 29.2. The van der Waals surface area contributed by atoms with E-state index in [1.165, 1.54) is 11.3 Å². The normalized spacial score (nSPS) is 13.6. The molecule has 0 aliphatic carbocycles. The van der Waals surface area contributed by atoms with Crippen molar-refractivity contribution in [1.29, 1.82) is 0 Å². The minimum atomic E-state index is -0.560. The van der Waals surface area contributed by atoms with Crippen LogP contribution in [-0.4, -0.2) is 33.4 Å². The highest BCUT2D eigenvalue weighted by molar-refractivity contribution is 7.12. The molecule has 2 amide bonds. The van der Waals surface area contributed by atoms with Crippen LogP contribution in [0.15, 0.2) is 36.2 Å². The van der Waals surface area contributed by atoms with Crippen molar-refractivity contribution in [2.75, 3.05) is 0 Å². The van der Waals surface area contributed by atoms with E-state index < -0.39 is 6.04 Å². The van der Waals surface area contributed by atoms with E-state index in [2.05, 4.69) is 15.6 Å². The van der Waals surface area contributed by atoms with E-state index in [0.29, 0.717) is 11.4 Å². The fourth-order valence-corrected chi connectivity index (χ4v) is 2.87. The van der Waals surface area contributed by atoms with Gasteiger partial charge in [-0.15, -0.1) is 11.3 Å². The second kappa shape index (κ2) is 7.92. The van der Waals surface area contributed by atoms with Crippen LogP contribution in [0.1, 0.15) is 30.4 Å². The van der Waals surface area contributed by atoms with Gasteiger partial charge in [0, 0.05) is 25.0 Å². The molecule has 0 radical (unpaired) electrons. The summed E-state index contributed by atoms with van der Waals surface area (Å²) in [6.45, 7) is 6.39. The summed E-state index contributed by atoms with van der Waals surface area (Å²) < 4.78 is 1.90. The number of carbonyl (C=O) groups excluding carboxylic acids is 2. The molecule has 2 atom stereocenters. The number of imidazole rings is 1. The molecule has 2 aromatic rings. The van der Waals surface area contributed by atoms with Crippen LogP contribution in [0.2, 0.25) is 0 Å². The van der Waals surface area contributed by atoms with Gasteiger partial charge in [-0.3, -0.25) is 9.59 Å². The lowest BCUT2D eigenvalue weighted by atomic mass is 10.0. The predicted octanol–water partition coefficient (Wildman–Crippen LogP) is 1.90. The second-order valence-corrected chi connectivity index (χ2v) is 6.79. The zero-order chi connectivity index (χ0) is 16.8. The quantitative estimate of drug-likeness (QED) is 0.812. The summed E-state index contributed by atoms with van der Waals surface area (Å²) >= 11 is 1.36. The Kier molecular flexibility index (Phi) is 5.92. The van der Waals surface area contributed by atoms with Crippen molar-refractivity contribution >= 4 is 23.2 Å². The summed E-state index contributed by atoms with van der Waals surface area (Å²) in [7, 11) is 0. The molecule has 2 aromatic heterocycles. The van der Waals surface area contributed by atoms with Crippen molar-refractivity contribution in [3.8, 4) is 0 Å². The molecule has 2 N–H and O–H groups in total. The summed E-state index contributed by atoms with van der Waals surface area (Å²) in [5.74, 6) is -0.381. The highest BCUT2D eigenvalue weighted by Crippen LogP contribution is 2.10. The van der Waals surface area contributed by atoms with Gasteiger partial charge in [-0.25, -0.2) is 4.98 Å². The van der Waals surface area contributed by atoms with Gasteiger partial charge in [0.15, 0.2) is 0 Å². The predicted molar refractivity (Wildman–Crippen MR) is 90.2 cm³/mol. The fourth-order valence-electron chi connectivity index (χ4n) is 2.24. The SMILES string of the molecule is CC(C)[C@H](NC(=O)c1cccs1)C(=O)N[C@H](C)Cn1ccnc1. The number of rotatable bonds is 7. The Morgan fingerprint density at radius 3 is 2.65 bits per heavy atom. The number of nitrogens with one attached hydrogen (secondary N) is 2. The van der Waals surface area contributed by atoms with E-state index in [1.807, 2.05) is 43.0 Å². The standard InChI is InChI=1S/C16H22N4O2S/c1-11(2)14(19-15(21)13-5-4-8-23-13)16(22)18-12(3)9-20-7-6-17-10-20/h4-8,10-12,14H,9H2,1-3H3,(H,18,22)(H,19,21)/t12-,14+/m1/s1. The molecular weight excluding hydrogens is 312 g/mol. The summed E-state index contributed by atoms with van der Waals surface area (Å²) in [5.41, 5.74) is 0. The second-order valence-electron chi connectivity index (χ2n) is 5.84. The Morgan fingerprint density at radius 1 is 1.30 bits per heavy atom. The molecule has 0 aliphatic rings. The molecule has 124 valence electrons. The maximum absolute atomic E-state index is 12.5. The molecule has 7 heteroatoms. The van der Waals surface area contributed by atoms with Crippen LogP contribution in [0.5, 0.6) is 0 Å². The van der Waals surface area contributed by atoms with Gasteiger partial charge < -0.3 is 15.2 Å². The van der Waals surface area contributed by atoms with Gasteiger partial charge in [-0.05, 0) is 24.3 Å². The van der Waals surface area contributed by atoms with E-state index in [0.717, 1.165) is 0 Å². The van der Waals surface area contributed by atoms with Crippen LogP contribution in [0.25, 0.3) is 0 Å². The molecule has 2 heterocycles. The minimum Gasteiger partial charge on any atom is -0.350 e. The smallest absolute Gasteiger partial charge is 0.262 e. The van der Waals surface area contributed by atoms with Crippen LogP contribution in [0.4, 0.5) is 0 Å². The van der Waals surface area contributed by atoms with Crippen LogP contribution in [0.3, 0.4) is 0 Å². The van der Waals surface area contributed by atoms with Crippen molar-refractivity contribution in [3.63, 3.8) is 0 Å². The summed E-state index contributed by atoms with van der Waals surface area (Å²) in [5, 5.41) is 7.61. The van der Waals surface area contributed by atoms with E-state index in [9.17, 15) is 9.59 Å². The maximum atomic E-state index is 12.5. The number of aromatic nitrogens is 2. The molecule has 6 nitrogen and oxygen atoms in total. The first kappa shape index (κ1) is 17.2. The third kappa shape index (κ3) is 4.92. The number of amides is 2. The number of hydrogen-bond donors (Lipinski definition) is 2. The van der Waals surface area contributed by atoms with E-state index in [4.69, 9.17) is 0 Å². The van der Waals surface area contributed by atoms with Gasteiger partial charge in [0.25, 0.3) is 5.91 Å². The largest absolute Gasteiger partial charge is 0.350 e. The van der Waals surface area contributed by atoms with Crippen molar-refractivity contribution in [3.05, 3.63) is 41.1 Å². The lowest BCUT2D eigenvalue weighted by Crippen LogP contribution is -2.52. The van der Waals surface area contributed by atoms with Crippen molar-refractivity contribution in [1.82, 2.24) is 20.2 Å². The Bertz CT molecular complexity index is 623. The monoisotopic (exact) mass is 334 g/mol. The Balaban J connectivity index is 1.94. The van der Waals surface area contributed by atoms with Gasteiger partial charge in [-0.1, -0.05) is 19.9 Å². The molecule has 0 bridgehead atoms. The summed E-state index contributed by atoms with van der Waals surface area (Å²) in [6, 6.07) is 2.94. The van der Waals surface area contributed by atoms with Gasteiger partial charge >= 0.3 is 0 Å². The van der Waals surface area contributed by atoms with Gasteiger partial charge in [0.05, 0.1) is 11.2 Å². The first-order valence-electron chi connectivity index (χ1n) is 7.58. The highest BCUT2D eigenvalue weighted by atomic mass is 32.1. The molecule has 0 unspecified atom stereocenters. The average Bonchev–Trinajstić information content (AvgIpc) is 3.16. The third-order valence-corrected chi connectivity index (χ3v) is 4.28. The lowest BCUT2D eigenvalue weighted by Gasteiger charge is -2.24. The molecule has 0 aliphatic heterocycles. The highest BCUT2D eigenvalue weighted by Gasteiger charge is 2.25. The number of thiophene rings is 1. The first-order valence-corrected chi connectivity index (χ1v) is 8.46. The molecule has 23 heavy (non-hydrogen) atoms. The van der Waals surface area contributed by atoms with E-state index >= 15 is 0 Å². The van der Waals surface area contributed by atoms with Crippen LogP contribution in [-0.2, 0) is 11.3 Å².